The Morgan fingerprint density at radius 3 is 3.00 bits per heavy atom. The lowest BCUT2D eigenvalue weighted by molar-refractivity contribution is -0.140. The summed E-state index contributed by atoms with van der Waals surface area (Å²) in [6.45, 7) is 2.14. The third-order valence-corrected chi connectivity index (χ3v) is 1.36. The molecule has 1 rings (SSSR count). The number of anilines is 1. The van der Waals surface area contributed by atoms with Crippen LogP contribution >= 0.6 is 0 Å². The molecule has 0 fully saturated rings. The number of carbonyl (C=O) groups excluding carboxylic acids is 1. The molecule has 1 aromatic rings. The van der Waals surface area contributed by atoms with E-state index in [1.165, 1.54) is 7.11 Å². The van der Waals surface area contributed by atoms with Gasteiger partial charge in [0.1, 0.15) is 0 Å². The zero-order valence-corrected chi connectivity index (χ0v) is 7.53. The fraction of sp³-hybridized carbons (Fsp3) is 0.571. The number of ether oxygens (including phenoxy) is 1. The molecule has 1 aromatic heterocycles. The summed E-state index contributed by atoms with van der Waals surface area (Å²) in [4.78, 5) is 14.6. The van der Waals surface area contributed by atoms with Crippen molar-refractivity contribution in [1.82, 2.24) is 10.1 Å². The Kier molecular flexibility index (Phi) is 3.24. The predicted molar refractivity (Wildman–Crippen MR) is 44.2 cm³/mol. The summed E-state index contributed by atoms with van der Waals surface area (Å²) in [6.07, 6.45) is 0.276. The van der Waals surface area contributed by atoms with Gasteiger partial charge in [-0.25, -0.2) is 0 Å². The number of aryl methyl sites for hydroxylation is 1. The maximum absolute atomic E-state index is 10.7. The van der Waals surface area contributed by atoms with E-state index in [0.717, 1.165) is 0 Å². The van der Waals surface area contributed by atoms with Gasteiger partial charge in [-0.1, -0.05) is 5.16 Å². The summed E-state index contributed by atoms with van der Waals surface area (Å²) >= 11 is 0. The SMILES string of the molecule is COC(=O)CCNc1nc(C)no1. The first-order valence-corrected chi connectivity index (χ1v) is 3.83. The summed E-state index contributed by atoms with van der Waals surface area (Å²) < 4.78 is 9.20. The molecule has 0 saturated heterocycles. The van der Waals surface area contributed by atoms with Gasteiger partial charge in [0.25, 0.3) is 0 Å². The molecule has 13 heavy (non-hydrogen) atoms. The molecule has 0 bridgehead atoms. The second-order valence-electron chi connectivity index (χ2n) is 2.40. The van der Waals surface area contributed by atoms with Gasteiger partial charge in [0.15, 0.2) is 5.82 Å². The van der Waals surface area contributed by atoms with Crippen molar-refractivity contribution in [1.29, 1.82) is 0 Å². The molecule has 0 aliphatic heterocycles. The van der Waals surface area contributed by atoms with E-state index >= 15 is 0 Å². The van der Waals surface area contributed by atoms with E-state index in [1.807, 2.05) is 0 Å². The summed E-state index contributed by atoms with van der Waals surface area (Å²) in [5, 5.41) is 6.36. The Morgan fingerprint density at radius 2 is 2.46 bits per heavy atom. The molecule has 0 amide bonds. The third kappa shape index (κ3) is 3.10. The third-order valence-electron chi connectivity index (χ3n) is 1.36. The average Bonchev–Trinajstić information content (AvgIpc) is 2.51. The Bertz CT molecular complexity index is 284. The van der Waals surface area contributed by atoms with Gasteiger partial charge in [-0.05, 0) is 6.92 Å². The molecule has 0 radical (unpaired) electrons. The van der Waals surface area contributed by atoms with Crippen LogP contribution in [0.25, 0.3) is 0 Å². The molecule has 6 heteroatoms. The first-order valence-electron chi connectivity index (χ1n) is 3.83. The normalized spacial score (nSPS) is 9.69. The quantitative estimate of drug-likeness (QED) is 0.682. The smallest absolute Gasteiger partial charge is 0.321 e. The molecule has 0 aromatic carbocycles. The monoisotopic (exact) mass is 185 g/mol. The van der Waals surface area contributed by atoms with Crippen molar-refractivity contribution in [2.75, 3.05) is 19.0 Å². The Hall–Kier alpha value is -1.59. The predicted octanol–water partition coefficient (Wildman–Crippen LogP) is 0.353. The number of hydrogen-bond acceptors (Lipinski definition) is 6. The molecule has 0 aliphatic carbocycles. The first-order chi connectivity index (χ1) is 6.22. The van der Waals surface area contributed by atoms with Gasteiger partial charge < -0.3 is 14.6 Å². The van der Waals surface area contributed by atoms with Crippen LogP contribution in [0.15, 0.2) is 4.52 Å². The van der Waals surface area contributed by atoms with Crippen LogP contribution in [0.5, 0.6) is 0 Å². The van der Waals surface area contributed by atoms with Crippen LogP contribution < -0.4 is 5.32 Å². The second-order valence-corrected chi connectivity index (χ2v) is 2.40. The lowest BCUT2D eigenvalue weighted by Crippen LogP contribution is -2.09. The van der Waals surface area contributed by atoms with Crippen molar-refractivity contribution in [3.05, 3.63) is 5.82 Å². The molecule has 0 saturated carbocycles. The second kappa shape index (κ2) is 4.44. The van der Waals surface area contributed by atoms with Crippen molar-refractivity contribution in [3.63, 3.8) is 0 Å². The van der Waals surface area contributed by atoms with E-state index in [4.69, 9.17) is 4.52 Å². The maximum Gasteiger partial charge on any atom is 0.321 e. The zero-order chi connectivity index (χ0) is 9.68. The summed E-state index contributed by atoms with van der Waals surface area (Å²) in [5.41, 5.74) is 0. The molecule has 0 spiro atoms. The minimum atomic E-state index is -0.274. The van der Waals surface area contributed by atoms with Crippen molar-refractivity contribution in [2.45, 2.75) is 13.3 Å². The molecule has 0 aliphatic rings. The summed E-state index contributed by atoms with van der Waals surface area (Å²) in [7, 11) is 1.35. The van der Waals surface area contributed by atoms with Crippen LogP contribution in [-0.4, -0.2) is 29.8 Å². The van der Waals surface area contributed by atoms with Crippen molar-refractivity contribution in [3.8, 4) is 0 Å². The molecule has 6 nitrogen and oxygen atoms in total. The minimum Gasteiger partial charge on any atom is -0.469 e. The average molecular weight is 185 g/mol. The fourth-order valence-corrected chi connectivity index (χ4v) is 0.742. The molecule has 0 atom stereocenters. The lowest BCUT2D eigenvalue weighted by Gasteiger charge is -1.98. The first kappa shape index (κ1) is 9.50. The molecular weight excluding hydrogens is 174 g/mol. The maximum atomic E-state index is 10.7. The van der Waals surface area contributed by atoms with Crippen molar-refractivity contribution < 1.29 is 14.1 Å². The Labute approximate surface area is 75.3 Å². The minimum absolute atomic E-state index is 0.274. The van der Waals surface area contributed by atoms with Gasteiger partial charge in [0.2, 0.25) is 0 Å². The number of nitrogens with zero attached hydrogens (tertiary/aromatic N) is 2. The molecule has 0 unspecified atom stereocenters. The highest BCUT2D eigenvalue weighted by molar-refractivity contribution is 5.69. The van der Waals surface area contributed by atoms with Crippen LogP contribution in [0.4, 0.5) is 6.01 Å². The highest BCUT2D eigenvalue weighted by Crippen LogP contribution is 2.01. The number of carbonyl (C=O) groups is 1. The molecule has 1 N–H and O–H groups in total. The van der Waals surface area contributed by atoms with Gasteiger partial charge in [-0.2, -0.15) is 4.98 Å². The number of aromatic nitrogens is 2. The molecule has 1 heterocycles. The Balaban J connectivity index is 2.24. The van der Waals surface area contributed by atoms with Gasteiger partial charge >= 0.3 is 12.0 Å². The lowest BCUT2D eigenvalue weighted by atomic mass is 10.4. The number of methoxy groups -OCH3 is 1. The number of rotatable bonds is 4. The van der Waals surface area contributed by atoms with Crippen LogP contribution in [0.2, 0.25) is 0 Å². The number of nitrogens with one attached hydrogen (secondary N) is 1. The van der Waals surface area contributed by atoms with Crippen LogP contribution in [0.3, 0.4) is 0 Å². The Morgan fingerprint density at radius 1 is 1.69 bits per heavy atom. The van der Waals surface area contributed by atoms with Gasteiger partial charge in [0, 0.05) is 6.54 Å². The highest BCUT2D eigenvalue weighted by atomic mass is 16.5. The largest absolute Gasteiger partial charge is 0.469 e. The number of esters is 1. The van der Waals surface area contributed by atoms with E-state index in [2.05, 4.69) is 20.2 Å². The van der Waals surface area contributed by atoms with Crippen LogP contribution in [-0.2, 0) is 9.53 Å². The topological polar surface area (TPSA) is 77.2 Å². The fourth-order valence-electron chi connectivity index (χ4n) is 0.742. The standard InChI is InChI=1S/C7H11N3O3/c1-5-9-7(13-10-5)8-4-3-6(11)12-2/h3-4H2,1-2H3,(H,8,9,10). The van der Waals surface area contributed by atoms with Crippen molar-refractivity contribution in [2.24, 2.45) is 0 Å². The van der Waals surface area contributed by atoms with Crippen molar-refractivity contribution >= 4 is 12.0 Å². The van der Waals surface area contributed by atoms with E-state index in [-0.39, 0.29) is 12.4 Å². The van der Waals surface area contributed by atoms with Gasteiger partial charge in [0.05, 0.1) is 13.5 Å². The van der Waals surface area contributed by atoms with E-state index in [0.29, 0.717) is 18.4 Å². The van der Waals surface area contributed by atoms with Crippen LogP contribution in [0, 0.1) is 6.92 Å². The van der Waals surface area contributed by atoms with Crippen LogP contribution in [0.1, 0.15) is 12.2 Å². The van der Waals surface area contributed by atoms with Gasteiger partial charge in [-0.3, -0.25) is 4.79 Å². The molecule has 72 valence electrons. The van der Waals surface area contributed by atoms with E-state index in [9.17, 15) is 4.79 Å². The highest BCUT2D eigenvalue weighted by Gasteiger charge is 2.03. The molecular formula is C7H11N3O3. The summed E-state index contributed by atoms with van der Waals surface area (Å²) in [6, 6.07) is 0.321. The summed E-state index contributed by atoms with van der Waals surface area (Å²) in [5.74, 6) is 0.282. The van der Waals surface area contributed by atoms with E-state index in [1.54, 1.807) is 6.92 Å². The van der Waals surface area contributed by atoms with Gasteiger partial charge in [-0.15, -0.1) is 0 Å². The van der Waals surface area contributed by atoms with E-state index < -0.39 is 0 Å². The zero-order valence-electron chi connectivity index (χ0n) is 7.53. The number of hydrogen-bond donors (Lipinski definition) is 1.